The number of nitrogens with zero attached hydrogens (tertiary/aromatic N) is 1. The van der Waals surface area contributed by atoms with Crippen LogP contribution in [0.3, 0.4) is 0 Å². The van der Waals surface area contributed by atoms with Gasteiger partial charge < -0.3 is 0 Å². The van der Waals surface area contributed by atoms with Crippen molar-refractivity contribution >= 4 is 17.2 Å². The van der Waals surface area contributed by atoms with Crippen molar-refractivity contribution < 1.29 is 4.79 Å². The van der Waals surface area contributed by atoms with E-state index in [9.17, 15) is 4.79 Å². The van der Waals surface area contributed by atoms with Crippen LogP contribution in [0.5, 0.6) is 0 Å². The maximum absolute atomic E-state index is 14.1. The molecule has 1 aliphatic rings. The summed E-state index contributed by atoms with van der Waals surface area (Å²) < 4.78 is 0. The molecule has 4 aromatic rings. The molecule has 1 aliphatic carbocycles. The summed E-state index contributed by atoms with van der Waals surface area (Å²) in [4.78, 5) is 14.1. The van der Waals surface area contributed by atoms with Crippen LogP contribution in [0.25, 0.3) is 0 Å². The molecule has 0 spiro atoms. The Morgan fingerprint density at radius 2 is 1.10 bits per heavy atom. The molecule has 0 amide bonds. The van der Waals surface area contributed by atoms with E-state index in [1.165, 1.54) is 0 Å². The molecule has 0 unspecified atom stereocenters. The molecule has 4 aromatic carbocycles. The summed E-state index contributed by atoms with van der Waals surface area (Å²) >= 11 is 0. The van der Waals surface area contributed by atoms with Crippen molar-refractivity contribution in [2.45, 2.75) is 5.41 Å². The van der Waals surface area contributed by atoms with Gasteiger partial charge in [0, 0.05) is 5.56 Å². The Bertz CT molecular complexity index is 1180. The van der Waals surface area contributed by atoms with Gasteiger partial charge in [0.1, 0.15) is 11.1 Å². The highest BCUT2D eigenvalue weighted by Gasteiger charge is 2.52. The molecule has 3 heteroatoms. The number of carbonyl (C=O) groups is 1. The van der Waals surface area contributed by atoms with E-state index >= 15 is 0 Å². The number of hydrazone groups is 1. The van der Waals surface area contributed by atoms with Crippen LogP contribution in [0, 0.1) is 0 Å². The Hall–Kier alpha value is -3.98. The number of Topliss-reactive ketones (excluding diaryl/α,β-unsaturated/α-hetero) is 1. The van der Waals surface area contributed by atoms with Gasteiger partial charge in [0.05, 0.1) is 5.69 Å². The van der Waals surface area contributed by atoms with E-state index in [0.717, 1.165) is 27.9 Å². The molecular weight excluding hydrogens is 368 g/mol. The molecule has 0 saturated heterocycles. The van der Waals surface area contributed by atoms with Crippen LogP contribution in [-0.2, 0) is 10.2 Å². The van der Waals surface area contributed by atoms with Crippen LogP contribution >= 0.6 is 0 Å². The van der Waals surface area contributed by atoms with Gasteiger partial charge in [-0.15, -0.1) is 0 Å². The summed E-state index contributed by atoms with van der Waals surface area (Å²) in [5, 5.41) is 4.58. The average molecular weight is 388 g/mol. The summed E-state index contributed by atoms with van der Waals surface area (Å²) in [7, 11) is 0. The Kier molecular flexibility index (Phi) is 4.49. The van der Waals surface area contributed by atoms with Crippen LogP contribution in [0.1, 0.15) is 22.3 Å². The Morgan fingerprint density at radius 1 is 0.600 bits per heavy atom. The summed E-state index contributed by atoms with van der Waals surface area (Å²) in [6.07, 6.45) is 0. The first-order valence-corrected chi connectivity index (χ1v) is 9.96. The minimum atomic E-state index is -0.920. The first kappa shape index (κ1) is 18.1. The number of carbonyl (C=O) groups excluding carboxylic acids is 1. The van der Waals surface area contributed by atoms with Gasteiger partial charge in [0.15, 0.2) is 0 Å². The number of hydrogen-bond donors (Lipinski definition) is 1. The third-order valence-corrected chi connectivity index (χ3v) is 5.63. The number of anilines is 1. The first-order chi connectivity index (χ1) is 14.8. The van der Waals surface area contributed by atoms with Crippen molar-refractivity contribution in [1.82, 2.24) is 0 Å². The van der Waals surface area contributed by atoms with Crippen molar-refractivity contribution in [3.05, 3.63) is 138 Å². The van der Waals surface area contributed by atoms with Crippen molar-refractivity contribution in [3.63, 3.8) is 0 Å². The van der Waals surface area contributed by atoms with Gasteiger partial charge in [0.2, 0.25) is 5.78 Å². The van der Waals surface area contributed by atoms with E-state index in [2.05, 4.69) is 10.5 Å². The molecule has 0 fully saturated rings. The van der Waals surface area contributed by atoms with Gasteiger partial charge >= 0.3 is 0 Å². The lowest BCUT2D eigenvalue weighted by atomic mass is 9.69. The number of benzene rings is 4. The standard InChI is InChI=1S/C27H20N2O/c30-26-25(29-28-22-16-8-3-9-17-22)23-18-10-11-19-24(23)27(26,20-12-4-1-5-13-20)21-14-6-2-7-15-21/h1-19,28H/b29-25-. The highest BCUT2D eigenvalue weighted by atomic mass is 16.1. The highest BCUT2D eigenvalue weighted by molar-refractivity contribution is 6.54. The third kappa shape index (κ3) is 2.75. The van der Waals surface area contributed by atoms with Crippen LogP contribution in [0.2, 0.25) is 0 Å². The number of nitrogens with one attached hydrogen (secondary N) is 1. The molecule has 30 heavy (non-hydrogen) atoms. The molecule has 0 bridgehead atoms. The Labute approximate surface area is 175 Å². The van der Waals surface area contributed by atoms with Crippen molar-refractivity contribution in [3.8, 4) is 0 Å². The number of rotatable bonds is 4. The molecule has 0 aromatic heterocycles. The minimum Gasteiger partial charge on any atom is -0.291 e. The normalized spacial score (nSPS) is 15.7. The predicted molar refractivity (Wildman–Crippen MR) is 121 cm³/mol. The molecule has 144 valence electrons. The van der Waals surface area contributed by atoms with Crippen LogP contribution < -0.4 is 5.43 Å². The summed E-state index contributed by atoms with van der Waals surface area (Å²) in [5.74, 6) is -0.0236. The third-order valence-electron chi connectivity index (χ3n) is 5.63. The highest BCUT2D eigenvalue weighted by Crippen LogP contribution is 2.46. The van der Waals surface area contributed by atoms with E-state index < -0.39 is 5.41 Å². The molecule has 1 N–H and O–H groups in total. The fraction of sp³-hybridized carbons (Fsp3) is 0.0370. The Balaban J connectivity index is 1.75. The van der Waals surface area contributed by atoms with E-state index in [1.807, 2.05) is 115 Å². The predicted octanol–water partition coefficient (Wildman–Crippen LogP) is 5.42. The fourth-order valence-electron chi connectivity index (χ4n) is 4.30. The van der Waals surface area contributed by atoms with E-state index in [-0.39, 0.29) is 5.78 Å². The van der Waals surface area contributed by atoms with E-state index in [0.29, 0.717) is 5.71 Å². The largest absolute Gasteiger partial charge is 0.291 e. The number of hydrogen-bond acceptors (Lipinski definition) is 3. The average Bonchev–Trinajstić information content (AvgIpc) is 3.08. The second-order valence-corrected chi connectivity index (χ2v) is 7.29. The van der Waals surface area contributed by atoms with Crippen LogP contribution in [-0.4, -0.2) is 11.5 Å². The van der Waals surface area contributed by atoms with Gasteiger partial charge in [0.25, 0.3) is 0 Å². The van der Waals surface area contributed by atoms with Crippen molar-refractivity contribution in [1.29, 1.82) is 0 Å². The summed E-state index contributed by atoms with van der Waals surface area (Å²) in [6, 6.07) is 37.6. The summed E-state index contributed by atoms with van der Waals surface area (Å²) in [6.45, 7) is 0. The zero-order valence-corrected chi connectivity index (χ0v) is 16.3. The second-order valence-electron chi connectivity index (χ2n) is 7.29. The molecule has 3 nitrogen and oxygen atoms in total. The minimum absolute atomic E-state index is 0.0236. The van der Waals surface area contributed by atoms with Crippen molar-refractivity contribution in [2.24, 2.45) is 5.10 Å². The Morgan fingerprint density at radius 3 is 1.70 bits per heavy atom. The fourth-order valence-corrected chi connectivity index (χ4v) is 4.30. The zero-order chi connectivity index (χ0) is 20.4. The van der Waals surface area contributed by atoms with Gasteiger partial charge in [-0.25, -0.2) is 0 Å². The molecule has 0 atom stereocenters. The quantitative estimate of drug-likeness (QED) is 0.474. The molecular formula is C27H20N2O. The maximum atomic E-state index is 14.1. The molecule has 5 rings (SSSR count). The van der Waals surface area contributed by atoms with E-state index in [1.54, 1.807) is 0 Å². The first-order valence-electron chi connectivity index (χ1n) is 9.96. The molecule has 0 saturated carbocycles. The number of para-hydroxylation sites is 1. The van der Waals surface area contributed by atoms with Gasteiger partial charge in [-0.2, -0.15) is 5.10 Å². The second kappa shape index (κ2) is 7.45. The topological polar surface area (TPSA) is 41.5 Å². The summed E-state index contributed by atoms with van der Waals surface area (Å²) in [5.41, 5.74) is 7.14. The van der Waals surface area contributed by atoms with Crippen LogP contribution in [0.4, 0.5) is 5.69 Å². The van der Waals surface area contributed by atoms with Gasteiger partial charge in [-0.05, 0) is 28.8 Å². The number of ketones is 1. The SMILES string of the molecule is O=C1/C(=N\Nc2ccccc2)c2ccccc2C1(c1ccccc1)c1ccccc1. The molecule has 0 aliphatic heterocycles. The van der Waals surface area contributed by atoms with E-state index in [4.69, 9.17) is 0 Å². The van der Waals surface area contributed by atoms with Gasteiger partial charge in [-0.1, -0.05) is 103 Å². The van der Waals surface area contributed by atoms with Crippen molar-refractivity contribution in [2.75, 3.05) is 5.43 Å². The lowest BCUT2D eigenvalue weighted by Crippen LogP contribution is -2.37. The molecule has 0 radical (unpaired) electrons. The van der Waals surface area contributed by atoms with Crippen LogP contribution in [0.15, 0.2) is 120 Å². The number of fused-ring (bicyclic) bond motifs is 1. The molecule has 0 heterocycles. The lowest BCUT2D eigenvalue weighted by molar-refractivity contribution is -0.115. The zero-order valence-electron chi connectivity index (χ0n) is 16.3. The van der Waals surface area contributed by atoms with Gasteiger partial charge in [-0.3, -0.25) is 10.2 Å². The lowest BCUT2D eigenvalue weighted by Gasteiger charge is -2.29. The monoisotopic (exact) mass is 388 g/mol. The smallest absolute Gasteiger partial charge is 0.202 e. The maximum Gasteiger partial charge on any atom is 0.202 e.